The molecule has 1 rings (SSSR count). The second kappa shape index (κ2) is 5.59. The third kappa shape index (κ3) is 6.29. The molecule has 0 heterocycles. The first-order valence-electron chi connectivity index (χ1n) is 4.99. The van der Waals surface area contributed by atoms with Gasteiger partial charge in [0.15, 0.2) is 0 Å². The number of halogens is 2. The topological polar surface area (TPSA) is 43.4 Å². The molecule has 0 aromatic heterocycles. The predicted octanol–water partition coefficient (Wildman–Crippen LogP) is 3.42. The van der Waals surface area contributed by atoms with Crippen LogP contribution < -0.4 is 4.74 Å². The van der Waals surface area contributed by atoms with Gasteiger partial charge in [0.05, 0.1) is 12.4 Å². The van der Waals surface area contributed by atoms with E-state index < -0.39 is 14.5 Å². The van der Waals surface area contributed by atoms with E-state index in [0.29, 0.717) is 12.4 Å². The van der Waals surface area contributed by atoms with Gasteiger partial charge in [0, 0.05) is 20.6 Å². The first kappa shape index (κ1) is 14.8. The zero-order valence-electron chi connectivity index (χ0n) is 9.61. The minimum Gasteiger partial charge on any atom is -0.493 e. The van der Waals surface area contributed by atoms with E-state index in [-0.39, 0.29) is 5.75 Å². The van der Waals surface area contributed by atoms with Crippen LogP contribution in [0.3, 0.4) is 0 Å². The second-order valence-corrected chi connectivity index (χ2v) is 8.28. The summed E-state index contributed by atoms with van der Waals surface area (Å²) < 4.78 is 28.5. The molecule has 0 amide bonds. The lowest BCUT2D eigenvalue weighted by Gasteiger charge is -2.22. The Kier molecular flexibility index (Phi) is 4.86. The molecule has 0 saturated heterocycles. The summed E-state index contributed by atoms with van der Waals surface area (Å²) in [7, 11) is 1.72. The average Bonchev–Trinajstić information content (AvgIpc) is 2.13. The van der Waals surface area contributed by atoms with Gasteiger partial charge in [-0.1, -0.05) is 29.8 Å². The van der Waals surface area contributed by atoms with Crippen molar-refractivity contribution in [1.29, 1.82) is 0 Å². The summed E-state index contributed by atoms with van der Waals surface area (Å²) in [5.74, 6) is 0.589. The Balaban J connectivity index is 2.58. The third-order valence-electron chi connectivity index (χ3n) is 2.01. The van der Waals surface area contributed by atoms with Gasteiger partial charge in [-0.05, 0) is 24.3 Å². The van der Waals surface area contributed by atoms with Crippen molar-refractivity contribution >= 4 is 35.7 Å². The standard InChI is InChI=1S/C11H14BrClO3S/c1-11(2,8-17(13,14)15)7-16-10-5-3-9(12)4-6-10/h3-6H,7-8H2,1-2H3. The molecular weight excluding hydrogens is 328 g/mol. The van der Waals surface area contributed by atoms with Crippen molar-refractivity contribution in [3.05, 3.63) is 28.7 Å². The van der Waals surface area contributed by atoms with Crippen LogP contribution in [0.5, 0.6) is 5.75 Å². The minimum absolute atomic E-state index is 0.113. The van der Waals surface area contributed by atoms with E-state index in [9.17, 15) is 8.42 Å². The molecule has 6 heteroatoms. The van der Waals surface area contributed by atoms with Crippen LogP contribution in [-0.2, 0) is 9.05 Å². The molecule has 0 aliphatic heterocycles. The fraction of sp³-hybridized carbons (Fsp3) is 0.455. The fourth-order valence-electron chi connectivity index (χ4n) is 1.32. The van der Waals surface area contributed by atoms with Gasteiger partial charge in [0.25, 0.3) is 0 Å². The van der Waals surface area contributed by atoms with Gasteiger partial charge in [-0.2, -0.15) is 0 Å². The van der Waals surface area contributed by atoms with Crippen LogP contribution in [-0.4, -0.2) is 20.8 Å². The van der Waals surface area contributed by atoms with E-state index in [1.165, 1.54) is 0 Å². The second-order valence-electron chi connectivity index (χ2n) is 4.59. The molecule has 0 fully saturated rings. The SMILES string of the molecule is CC(C)(COc1ccc(Br)cc1)CS(=O)(=O)Cl. The molecule has 1 aromatic rings. The molecule has 0 N–H and O–H groups in total. The lowest BCUT2D eigenvalue weighted by atomic mass is 9.98. The predicted molar refractivity (Wildman–Crippen MR) is 73.1 cm³/mol. The highest BCUT2D eigenvalue weighted by Gasteiger charge is 2.25. The lowest BCUT2D eigenvalue weighted by molar-refractivity contribution is 0.200. The zero-order valence-corrected chi connectivity index (χ0v) is 12.8. The normalized spacial score (nSPS) is 12.5. The summed E-state index contributed by atoms with van der Waals surface area (Å²) in [5.41, 5.74) is -0.520. The van der Waals surface area contributed by atoms with Crippen molar-refractivity contribution in [3.63, 3.8) is 0 Å². The molecule has 0 radical (unpaired) electrons. The van der Waals surface area contributed by atoms with Gasteiger partial charge in [-0.3, -0.25) is 0 Å². The van der Waals surface area contributed by atoms with Crippen molar-refractivity contribution < 1.29 is 13.2 Å². The Labute approximate surface area is 115 Å². The van der Waals surface area contributed by atoms with Gasteiger partial charge < -0.3 is 4.74 Å². The average molecular weight is 342 g/mol. The molecule has 0 aliphatic rings. The number of hydrogen-bond acceptors (Lipinski definition) is 3. The van der Waals surface area contributed by atoms with Crippen molar-refractivity contribution in [2.24, 2.45) is 5.41 Å². The smallest absolute Gasteiger partial charge is 0.233 e. The van der Waals surface area contributed by atoms with E-state index in [0.717, 1.165) is 4.47 Å². The highest BCUT2D eigenvalue weighted by Crippen LogP contribution is 2.23. The first-order valence-corrected chi connectivity index (χ1v) is 8.26. The molecular formula is C11H14BrClO3S. The summed E-state index contributed by atoms with van der Waals surface area (Å²) in [5, 5.41) is 0. The largest absolute Gasteiger partial charge is 0.493 e. The molecule has 0 atom stereocenters. The summed E-state index contributed by atoms with van der Waals surface area (Å²) in [6.07, 6.45) is 0. The van der Waals surface area contributed by atoms with Crippen molar-refractivity contribution in [3.8, 4) is 5.75 Å². The zero-order chi connectivity index (χ0) is 13.1. The van der Waals surface area contributed by atoms with Crippen LogP contribution in [0.4, 0.5) is 0 Å². The monoisotopic (exact) mass is 340 g/mol. The van der Waals surface area contributed by atoms with Gasteiger partial charge in [-0.25, -0.2) is 8.42 Å². The summed E-state index contributed by atoms with van der Waals surface area (Å²) >= 11 is 3.32. The van der Waals surface area contributed by atoms with Crippen molar-refractivity contribution in [1.82, 2.24) is 0 Å². The Morgan fingerprint density at radius 3 is 2.29 bits per heavy atom. The number of ether oxygens (including phenoxy) is 1. The molecule has 0 unspecified atom stereocenters. The van der Waals surface area contributed by atoms with E-state index in [4.69, 9.17) is 15.4 Å². The summed E-state index contributed by atoms with van der Waals surface area (Å²) in [4.78, 5) is 0. The van der Waals surface area contributed by atoms with Gasteiger partial charge in [0.1, 0.15) is 5.75 Å². The Morgan fingerprint density at radius 2 is 1.82 bits per heavy atom. The van der Waals surface area contributed by atoms with Gasteiger partial charge >= 0.3 is 0 Å². The van der Waals surface area contributed by atoms with E-state index in [2.05, 4.69) is 15.9 Å². The number of rotatable bonds is 5. The maximum atomic E-state index is 11.0. The molecule has 1 aromatic carbocycles. The number of hydrogen-bond donors (Lipinski definition) is 0. The van der Waals surface area contributed by atoms with Gasteiger partial charge in [-0.15, -0.1) is 0 Å². The van der Waals surface area contributed by atoms with Gasteiger partial charge in [0.2, 0.25) is 9.05 Å². The van der Waals surface area contributed by atoms with Crippen molar-refractivity contribution in [2.45, 2.75) is 13.8 Å². The lowest BCUT2D eigenvalue weighted by Crippen LogP contribution is -2.28. The molecule has 3 nitrogen and oxygen atoms in total. The third-order valence-corrected chi connectivity index (χ3v) is 3.99. The van der Waals surface area contributed by atoms with E-state index >= 15 is 0 Å². The Bertz CT molecular complexity index is 468. The first-order chi connectivity index (χ1) is 7.68. The van der Waals surface area contributed by atoms with E-state index in [1.54, 1.807) is 13.8 Å². The quantitative estimate of drug-likeness (QED) is 0.771. The molecule has 0 aliphatic carbocycles. The van der Waals surface area contributed by atoms with E-state index in [1.807, 2.05) is 24.3 Å². The van der Waals surface area contributed by atoms with Crippen LogP contribution in [0.15, 0.2) is 28.7 Å². The van der Waals surface area contributed by atoms with Crippen molar-refractivity contribution in [2.75, 3.05) is 12.4 Å². The summed E-state index contributed by atoms with van der Waals surface area (Å²) in [6, 6.07) is 7.35. The maximum absolute atomic E-state index is 11.0. The highest BCUT2D eigenvalue weighted by molar-refractivity contribution is 9.10. The maximum Gasteiger partial charge on any atom is 0.233 e. The Morgan fingerprint density at radius 1 is 1.29 bits per heavy atom. The van der Waals surface area contributed by atoms with Crippen LogP contribution >= 0.6 is 26.6 Å². The Hall–Kier alpha value is -0.260. The number of benzene rings is 1. The van der Waals surface area contributed by atoms with Crippen LogP contribution in [0.25, 0.3) is 0 Å². The molecule has 96 valence electrons. The molecule has 17 heavy (non-hydrogen) atoms. The fourth-order valence-corrected chi connectivity index (χ4v) is 3.49. The van der Waals surface area contributed by atoms with Crippen LogP contribution in [0.1, 0.15) is 13.8 Å². The summed E-state index contributed by atoms with van der Waals surface area (Å²) in [6.45, 7) is 3.89. The highest BCUT2D eigenvalue weighted by atomic mass is 79.9. The minimum atomic E-state index is -3.51. The molecule has 0 bridgehead atoms. The van der Waals surface area contributed by atoms with Crippen LogP contribution in [0.2, 0.25) is 0 Å². The molecule has 0 spiro atoms. The molecule has 0 saturated carbocycles. The van der Waals surface area contributed by atoms with Crippen LogP contribution in [0, 0.1) is 5.41 Å².